The molecule has 4 heteroatoms. The van der Waals surface area contributed by atoms with E-state index in [1.807, 2.05) is 6.07 Å². The summed E-state index contributed by atoms with van der Waals surface area (Å²) in [6, 6.07) is 11.0. The van der Waals surface area contributed by atoms with E-state index in [0.29, 0.717) is 12.6 Å². The first-order valence-electron chi connectivity index (χ1n) is 7.86. The van der Waals surface area contributed by atoms with Crippen LogP contribution >= 0.6 is 0 Å². The molecule has 0 radical (unpaired) electrons. The van der Waals surface area contributed by atoms with E-state index in [4.69, 9.17) is 10.8 Å². The van der Waals surface area contributed by atoms with Gasteiger partial charge in [-0.1, -0.05) is 25.1 Å². The Balaban J connectivity index is 2.13. The molecule has 1 aromatic heterocycles. The van der Waals surface area contributed by atoms with Crippen molar-refractivity contribution in [3.05, 3.63) is 41.6 Å². The van der Waals surface area contributed by atoms with E-state index >= 15 is 0 Å². The Morgan fingerprint density at radius 3 is 2.71 bits per heavy atom. The Hall–Kier alpha value is -1.81. The van der Waals surface area contributed by atoms with E-state index in [-0.39, 0.29) is 0 Å². The van der Waals surface area contributed by atoms with Gasteiger partial charge in [0, 0.05) is 24.7 Å². The van der Waals surface area contributed by atoms with Crippen molar-refractivity contribution in [1.29, 1.82) is 0 Å². The molecule has 1 atom stereocenters. The van der Waals surface area contributed by atoms with Gasteiger partial charge in [-0.05, 0) is 38.3 Å². The number of anilines is 1. The number of aromatic nitrogens is 2. The summed E-state index contributed by atoms with van der Waals surface area (Å²) in [7, 11) is 0. The summed E-state index contributed by atoms with van der Waals surface area (Å²) in [6.07, 6.45) is 3.68. The van der Waals surface area contributed by atoms with Crippen LogP contribution in [0.25, 0.3) is 5.69 Å². The molecule has 112 valence electrons. The van der Waals surface area contributed by atoms with Crippen LogP contribution in [0.5, 0.6) is 0 Å². The standard InChI is InChI=1S/C17H24N4/c1-3-14-10-7-11-20(14)17-16(12-18)13(2)19-21(17)15-8-5-4-6-9-15/h4-6,8-9,14H,3,7,10-12,18H2,1-2H3. The molecular weight excluding hydrogens is 260 g/mol. The zero-order valence-corrected chi connectivity index (χ0v) is 12.9. The summed E-state index contributed by atoms with van der Waals surface area (Å²) in [4.78, 5) is 2.51. The minimum absolute atomic E-state index is 0.543. The van der Waals surface area contributed by atoms with E-state index in [1.165, 1.54) is 30.6 Å². The van der Waals surface area contributed by atoms with E-state index in [0.717, 1.165) is 17.9 Å². The number of aryl methyl sites for hydroxylation is 1. The van der Waals surface area contributed by atoms with Gasteiger partial charge in [-0.2, -0.15) is 5.10 Å². The molecule has 1 aromatic carbocycles. The number of rotatable bonds is 4. The molecule has 2 heterocycles. The topological polar surface area (TPSA) is 47.1 Å². The minimum atomic E-state index is 0.543. The van der Waals surface area contributed by atoms with Crippen LogP contribution in [0.1, 0.15) is 37.4 Å². The summed E-state index contributed by atoms with van der Waals surface area (Å²) in [5, 5.41) is 4.76. The fraction of sp³-hybridized carbons (Fsp3) is 0.471. The van der Waals surface area contributed by atoms with Crippen molar-refractivity contribution in [2.45, 2.75) is 45.7 Å². The van der Waals surface area contributed by atoms with Gasteiger partial charge in [0.15, 0.2) is 0 Å². The maximum absolute atomic E-state index is 6.02. The number of hydrogen-bond donors (Lipinski definition) is 1. The Morgan fingerprint density at radius 2 is 2.05 bits per heavy atom. The summed E-state index contributed by atoms with van der Waals surface area (Å²) in [5.41, 5.74) is 9.35. The van der Waals surface area contributed by atoms with E-state index < -0.39 is 0 Å². The highest BCUT2D eigenvalue weighted by Gasteiger charge is 2.29. The quantitative estimate of drug-likeness (QED) is 0.938. The Bertz CT molecular complexity index is 603. The van der Waals surface area contributed by atoms with Gasteiger partial charge < -0.3 is 10.6 Å². The van der Waals surface area contributed by atoms with Crippen molar-refractivity contribution in [2.75, 3.05) is 11.4 Å². The van der Waals surface area contributed by atoms with Crippen molar-refractivity contribution in [1.82, 2.24) is 9.78 Å². The SMILES string of the molecule is CCC1CCCN1c1c(CN)c(C)nn1-c1ccccc1. The summed E-state index contributed by atoms with van der Waals surface area (Å²) >= 11 is 0. The minimum Gasteiger partial charge on any atom is -0.353 e. The first kappa shape index (κ1) is 14.1. The fourth-order valence-corrected chi connectivity index (χ4v) is 3.37. The van der Waals surface area contributed by atoms with Crippen LogP contribution in [0.15, 0.2) is 30.3 Å². The molecule has 0 aliphatic carbocycles. The van der Waals surface area contributed by atoms with Crippen molar-refractivity contribution >= 4 is 5.82 Å². The molecule has 1 fully saturated rings. The van der Waals surface area contributed by atoms with E-state index in [2.05, 4.69) is 47.7 Å². The Labute approximate surface area is 126 Å². The normalized spacial score (nSPS) is 18.4. The highest BCUT2D eigenvalue weighted by molar-refractivity contribution is 5.56. The first-order chi connectivity index (χ1) is 10.3. The lowest BCUT2D eigenvalue weighted by Crippen LogP contribution is -2.31. The highest BCUT2D eigenvalue weighted by atomic mass is 15.4. The van der Waals surface area contributed by atoms with Crippen LogP contribution < -0.4 is 10.6 Å². The molecule has 1 saturated heterocycles. The van der Waals surface area contributed by atoms with Crippen molar-refractivity contribution in [3.8, 4) is 5.69 Å². The van der Waals surface area contributed by atoms with Gasteiger partial charge in [0.05, 0.1) is 11.4 Å². The summed E-state index contributed by atoms with van der Waals surface area (Å²) in [6.45, 7) is 5.97. The second-order valence-electron chi connectivity index (χ2n) is 5.74. The van der Waals surface area contributed by atoms with Gasteiger partial charge >= 0.3 is 0 Å². The maximum Gasteiger partial charge on any atom is 0.137 e. The third-order valence-corrected chi connectivity index (χ3v) is 4.48. The molecule has 0 bridgehead atoms. The third-order valence-electron chi connectivity index (χ3n) is 4.48. The second kappa shape index (κ2) is 5.90. The average Bonchev–Trinajstić information content (AvgIpc) is 3.11. The van der Waals surface area contributed by atoms with E-state index in [9.17, 15) is 0 Å². The molecule has 4 nitrogen and oxygen atoms in total. The third kappa shape index (κ3) is 2.44. The molecule has 21 heavy (non-hydrogen) atoms. The van der Waals surface area contributed by atoms with Crippen LogP contribution in [0.4, 0.5) is 5.82 Å². The number of hydrogen-bond acceptors (Lipinski definition) is 3. The fourth-order valence-electron chi connectivity index (χ4n) is 3.37. The molecule has 0 saturated carbocycles. The van der Waals surface area contributed by atoms with Crippen LogP contribution in [0.2, 0.25) is 0 Å². The van der Waals surface area contributed by atoms with Gasteiger partial charge in [0.2, 0.25) is 0 Å². The van der Waals surface area contributed by atoms with Crippen molar-refractivity contribution < 1.29 is 0 Å². The van der Waals surface area contributed by atoms with Gasteiger partial charge in [-0.3, -0.25) is 0 Å². The molecule has 1 unspecified atom stereocenters. The van der Waals surface area contributed by atoms with E-state index in [1.54, 1.807) is 0 Å². The molecule has 1 aliphatic rings. The zero-order valence-electron chi connectivity index (χ0n) is 12.9. The molecule has 0 spiro atoms. The number of benzene rings is 1. The summed E-state index contributed by atoms with van der Waals surface area (Å²) < 4.78 is 2.07. The maximum atomic E-state index is 6.02. The molecule has 1 aliphatic heterocycles. The lowest BCUT2D eigenvalue weighted by atomic mass is 10.1. The lowest BCUT2D eigenvalue weighted by Gasteiger charge is -2.27. The van der Waals surface area contributed by atoms with Gasteiger partial charge in [-0.25, -0.2) is 4.68 Å². The number of nitrogens with two attached hydrogens (primary N) is 1. The first-order valence-corrected chi connectivity index (χ1v) is 7.86. The Kier molecular flexibility index (Phi) is 3.97. The predicted octanol–water partition coefficient (Wildman–Crippen LogP) is 3.02. The van der Waals surface area contributed by atoms with Crippen LogP contribution in [-0.2, 0) is 6.54 Å². The zero-order chi connectivity index (χ0) is 14.8. The molecule has 0 amide bonds. The smallest absolute Gasteiger partial charge is 0.137 e. The number of para-hydroxylation sites is 1. The van der Waals surface area contributed by atoms with Crippen molar-refractivity contribution in [2.24, 2.45) is 5.73 Å². The van der Waals surface area contributed by atoms with Gasteiger partial charge in [0.25, 0.3) is 0 Å². The van der Waals surface area contributed by atoms with Crippen LogP contribution in [0, 0.1) is 6.92 Å². The molecule has 2 aromatic rings. The largest absolute Gasteiger partial charge is 0.353 e. The molecular formula is C17H24N4. The van der Waals surface area contributed by atoms with Crippen molar-refractivity contribution in [3.63, 3.8) is 0 Å². The molecule has 3 rings (SSSR count). The summed E-state index contributed by atoms with van der Waals surface area (Å²) in [5.74, 6) is 1.20. The predicted molar refractivity (Wildman–Crippen MR) is 86.9 cm³/mol. The monoisotopic (exact) mass is 284 g/mol. The molecule has 2 N–H and O–H groups in total. The second-order valence-corrected chi connectivity index (χ2v) is 5.74. The number of nitrogens with zero attached hydrogens (tertiary/aromatic N) is 3. The van der Waals surface area contributed by atoms with Gasteiger partial charge in [0.1, 0.15) is 5.82 Å². The highest BCUT2D eigenvalue weighted by Crippen LogP contribution is 2.33. The van der Waals surface area contributed by atoms with Crippen LogP contribution in [-0.4, -0.2) is 22.4 Å². The average molecular weight is 284 g/mol. The van der Waals surface area contributed by atoms with Crippen LogP contribution in [0.3, 0.4) is 0 Å². The lowest BCUT2D eigenvalue weighted by molar-refractivity contribution is 0.630. The van der Waals surface area contributed by atoms with Gasteiger partial charge in [-0.15, -0.1) is 0 Å². The Morgan fingerprint density at radius 1 is 1.29 bits per heavy atom.